The Balaban J connectivity index is 1.98. The number of phenolic OH excluding ortho intramolecular Hbond substituents is 1. The molecule has 12 nitrogen and oxygen atoms in total. The predicted molar refractivity (Wildman–Crippen MR) is 133 cm³/mol. The van der Waals surface area contributed by atoms with Crippen LogP contribution in [-0.2, 0) is 9.47 Å². The van der Waals surface area contributed by atoms with Crippen LogP contribution in [0, 0.1) is 0 Å². The Hall–Kier alpha value is -2.94. The van der Waals surface area contributed by atoms with Crippen molar-refractivity contribution in [2.75, 3.05) is 34.0 Å². The first-order valence-corrected chi connectivity index (χ1v) is 11.8. The molecule has 1 fully saturated rings. The van der Waals surface area contributed by atoms with Gasteiger partial charge in [0.1, 0.15) is 30.5 Å². The molecule has 0 bridgehead atoms. The van der Waals surface area contributed by atoms with E-state index in [1.165, 1.54) is 32.4 Å². The van der Waals surface area contributed by atoms with Gasteiger partial charge in [0.15, 0.2) is 35.4 Å². The molecule has 1 aliphatic rings. The summed E-state index contributed by atoms with van der Waals surface area (Å²) < 4.78 is 28.2. The number of hydrogen-bond donors (Lipinski definition) is 7. The maximum atomic E-state index is 10.5. The van der Waals surface area contributed by atoms with Crippen molar-refractivity contribution in [3.05, 3.63) is 53.6 Å². The van der Waals surface area contributed by atoms with E-state index >= 15 is 0 Å². The zero-order valence-electron chi connectivity index (χ0n) is 21.0. The van der Waals surface area contributed by atoms with Crippen molar-refractivity contribution in [2.24, 2.45) is 0 Å². The Morgan fingerprint density at radius 3 is 2.26 bits per heavy atom. The van der Waals surface area contributed by atoms with Gasteiger partial charge in [-0.1, -0.05) is 24.3 Å². The van der Waals surface area contributed by atoms with Crippen LogP contribution in [-0.4, -0.2) is 107 Å². The number of phenols is 1. The topological polar surface area (TPSA) is 188 Å². The molecule has 1 saturated heterocycles. The standard InChI is InChI=1S/C26H34O12/c1-34-18-11-15(6-7-16(18)30)25(38-26-24(33)23(32)22(31)20(12-28)37-26)21(13-29)36-17-8-5-14(4-3-9-27)10-19(17)35-2/h3-8,10-11,20-33H,9,12-13H2,1-2H3/t20-,21+,22-,23+,24-,25-,26+/m1/s1. The molecule has 210 valence electrons. The van der Waals surface area contributed by atoms with Gasteiger partial charge in [0.25, 0.3) is 0 Å². The van der Waals surface area contributed by atoms with Gasteiger partial charge in [-0.2, -0.15) is 0 Å². The van der Waals surface area contributed by atoms with Crippen molar-refractivity contribution in [2.45, 2.75) is 42.9 Å². The summed E-state index contributed by atoms with van der Waals surface area (Å²) in [5, 5.41) is 69.8. The molecule has 0 unspecified atom stereocenters. The van der Waals surface area contributed by atoms with Crippen molar-refractivity contribution in [1.29, 1.82) is 0 Å². The molecule has 1 heterocycles. The normalized spacial score (nSPS) is 25.2. The minimum absolute atomic E-state index is 0.0965. The fraction of sp³-hybridized carbons (Fsp3) is 0.462. The van der Waals surface area contributed by atoms with Crippen LogP contribution in [0.15, 0.2) is 42.5 Å². The quantitative estimate of drug-likeness (QED) is 0.187. The molecule has 1 aliphatic heterocycles. The lowest BCUT2D eigenvalue weighted by atomic mass is 9.98. The largest absolute Gasteiger partial charge is 0.504 e. The van der Waals surface area contributed by atoms with Crippen LogP contribution in [0.2, 0.25) is 0 Å². The fourth-order valence-electron chi connectivity index (χ4n) is 4.01. The first-order valence-electron chi connectivity index (χ1n) is 11.8. The second-order valence-electron chi connectivity index (χ2n) is 8.52. The minimum Gasteiger partial charge on any atom is -0.504 e. The first-order chi connectivity index (χ1) is 18.3. The van der Waals surface area contributed by atoms with E-state index in [9.17, 15) is 30.6 Å². The second-order valence-corrected chi connectivity index (χ2v) is 8.52. The van der Waals surface area contributed by atoms with Crippen LogP contribution in [0.25, 0.3) is 6.08 Å². The second kappa shape index (κ2) is 13.7. The van der Waals surface area contributed by atoms with Crippen LogP contribution < -0.4 is 14.2 Å². The third kappa shape index (κ3) is 6.73. The van der Waals surface area contributed by atoms with Crippen LogP contribution in [0.4, 0.5) is 0 Å². The number of rotatable bonds is 12. The number of hydrogen-bond acceptors (Lipinski definition) is 12. The van der Waals surface area contributed by atoms with E-state index in [0.717, 1.165) is 5.56 Å². The van der Waals surface area contributed by atoms with Gasteiger partial charge < -0.3 is 59.4 Å². The van der Waals surface area contributed by atoms with E-state index in [2.05, 4.69) is 0 Å². The zero-order valence-corrected chi connectivity index (χ0v) is 21.0. The predicted octanol–water partition coefficient (Wildman–Crippen LogP) is -0.288. The summed E-state index contributed by atoms with van der Waals surface area (Å²) in [7, 11) is 2.78. The molecular weight excluding hydrogens is 504 g/mol. The average Bonchev–Trinajstić information content (AvgIpc) is 2.94. The Kier molecular flexibility index (Phi) is 10.7. The van der Waals surface area contributed by atoms with E-state index in [-0.39, 0.29) is 23.9 Å². The number of aliphatic hydroxyl groups excluding tert-OH is 6. The molecule has 0 radical (unpaired) electrons. The summed E-state index contributed by atoms with van der Waals surface area (Å²) in [5.41, 5.74) is 1.07. The molecule has 0 spiro atoms. The van der Waals surface area contributed by atoms with Crippen LogP contribution in [0.5, 0.6) is 23.0 Å². The van der Waals surface area contributed by atoms with Crippen LogP contribution in [0.1, 0.15) is 17.2 Å². The van der Waals surface area contributed by atoms with Crippen LogP contribution >= 0.6 is 0 Å². The molecular formula is C26H34O12. The summed E-state index contributed by atoms with van der Waals surface area (Å²) in [6.45, 7) is -1.39. The molecule has 0 saturated carbocycles. The van der Waals surface area contributed by atoms with Crippen molar-refractivity contribution >= 4 is 6.08 Å². The Morgan fingerprint density at radius 2 is 1.63 bits per heavy atom. The third-order valence-electron chi connectivity index (χ3n) is 6.06. The lowest BCUT2D eigenvalue weighted by Crippen LogP contribution is -2.59. The van der Waals surface area contributed by atoms with E-state index in [1.807, 2.05) is 0 Å². The third-order valence-corrected chi connectivity index (χ3v) is 6.06. The van der Waals surface area contributed by atoms with Gasteiger partial charge in [-0.3, -0.25) is 0 Å². The molecule has 0 aromatic heterocycles. The number of aliphatic hydroxyl groups is 6. The monoisotopic (exact) mass is 538 g/mol. The highest BCUT2D eigenvalue weighted by molar-refractivity contribution is 5.56. The van der Waals surface area contributed by atoms with E-state index in [0.29, 0.717) is 11.3 Å². The highest BCUT2D eigenvalue weighted by atomic mass is 16.7. The summed E-state index contributed by atoms with van der Waals surface area (Å²) in [6, 6.07) is 9.23. The SMILES string of the molecule is COc1cc([C@@H](O[C@@H]2O[C@H](CO)[C@@H](O)[C@H](O)[C@H]2O)[C@H](CO)Oc2ccc(C=CCO)cc2OC)ccc1O. The van der Waals surface area contributed by atoms with Gasteiger partial charge in [-0.25, -0.2) is 0 Å². The minimum atomic E-state index is -1.71. The molecule has 12 heteroatoms. The van der Waals surface area contributed by atoms with Gasteiger partial charge in [0, 0.05) is 0 Å². The van der Waals surface area contributed by atoms with Gasteiger partial charge in [0.05, 0.1) is 34.0 Å². The summed E-state index contributed by atoms with van der Waals surface area (Å²) in [6.07, 6.45) is -6.84. The number of aromatic hydroxyl groups is 1. The molecule has 7 atom stereocenters. The van der Waals surface area contributed by atoms with Crippen LogP contribution in [0.3, 0.4) is 0 Å². The van der Waals surface area contributed by atoms with E-state index in [1.54, 1.807) is 30.4 Å². The highest BCUT2D eigenvalue weighted by Gasteiger charge is 2.46. The number of benzene rings is 2. The average molecular weight is 539 g/mol. The van der Waals surface area contributed by atoms with Crippen molar-refractivity contribution in [3.63, 3.8) is 0 Å². The Bertz CT molecular complexity index is 1060. The van der Waals surface area contributed by atoms with Gasteiger partial charge >= 0.3 is 0 Å². The molecule has 0 amide bonds. The Morgan fingerprint density at radius 1 is 0.895 bits per heavy atom. The summed E-state index contributed by atoms with van der Waals surface area (Å²) in [4.78, 5) is 0. The number of methoxy groups -OCH3 is 2. The van der Waals surface area contributed by atoms with Crippen molar-refractivity contribution in [1.82, 2.24) is 0 Å². The molecule has 3 rings (SSSR count). The Labute approximate surface area is 219 Å². The lowest BCUT2D eigenvalue weighted by molar-refractivity contribution is -0.318. The maximum Gasteiger partial charge on any atom is 0.187 e. The molecule has 7 N–H and O–H groups in total. The van der Waals surface area contributed by atoms with Crippen molar-refractivity contribution in [3.8, 4) is 23.0 Å². The van der Waals surface area contributed by atoms with Gasteiger partial charge in [-0.05, 0) is 35.4 Å². The molecule has 2 aromatic carbocycles. The van der Waals surface area contributed by atoms with E-state index in [4.69, 9.17) is 28.8 Å². The zero-order chi connectivity index (χ0) is 27.8. The molecule has 0 aliphatic carbocycles. The lowest BCUT2D eigenvalue weighted by Gasteiger charge is -2.41. The van der Waals surface area contributed by atoms with Gasteiger partial charge in [-0.15, -0.1) is 0 Å². The molecule has 38 heavy (non-hydrogen) atoms. The van der Waals surface area contributed by atoms with E-state index < -0.39 is 56.1 Å². The summed E-state index contributed by atoms with van der Waals surface area (Å²) >= 11 is 0. The number of ether oxygens (including phenoxy) is 5. The maximum absolute atomic E-state index is 10.5. The molecule has 2 aromatic rings. The fourth-order valence-corrected chi connectivity index (χ4v) is 4.01. The van der Waals surface area contributed by atoms with Gasteiger partial charge in [0.2, 0.25) is 0 Å². The van der Waals surface area contributed by atoms with Crippen molar-refractivity contribution < 1.29 is 59.4 Å². The smallest absolute Gasteiger partial charge is 0.187 e. The highest BCUT2D eigenvalue weighted by Crippen LogP contribution is 2.37. The first kappa shape index (κ1) is 29.6. The summed E-state index contributed by atoms with van der Waals surface area (Å²) in [5.74, 6) is 0.496.